The molecular weight excluding hydrogens is 350 g/mol. The third-order valence-corrected chi connectivity index (χ3v) is 4.72. The first-order valence-corrected chi connectivity index (χ1v) is 8.95. The first kappa shape index (κ1) is 18.5. The van der Waals surface area contributed by atoms with E-state index >= 15 is 0 Å². The van der Waals surface area contributed by atoms with Crippen LogP contribution in [0.15, 0.2) is 65.1 Å². The van der Waals surface area contributed by atoms with Crippen LogP contribution in [0.2, 0.25) is 5.02 Å². The SMILES string of the molecule is COc1ccc(-c2ccc(C[NH2+][C@@H](C)[C@H](O)c3ccccc3)o2)cc1Cl. The Hall–Kier alpha value is -2.27. The molecule has 0 unspecified atom stereocenters. The van der Waals surface area contributed by atoms with E-state index in [0.717, 1.165) is 22.6 Å². The van der Waals surface area contributed by atoms with Crippen LogP contribution in [-0.4, -0.2) is 18.3 Å². The highest BCUT2D eigenvalue weighted by molar-refractivity contribution is 6.32. The number of furan rings is 1. The topological polar surface area (TPSA) is 59.2 Å². The van der Waals surface area contributed by atoms with Crippen molar-refractivity contribution in [3.05, 3.63) is 77.0 Å². The largest absolute Gasteiger partial charge is 0.495 e. The molecule has 0 aliphatic heterocycles. The van der Waals surface area contributed by atoms with Crippen molar-refractivity contribution in [3.8, 4) is 17.1 Å². The summed E-state index contributed by atoms with van der Waals surface area (Å²) >= 11 is 6.18. The number of hydrogen-bond donors (Lipinski definition) is 2. The molecule has 3 rings (SSSR count). The Kier molecular flexibility index (Phi) is 5.99. The van der Waals surface area contributed by atoms with Gasteiger partial charge in [0.25, 0.3) is 0 Å². The standard InChI is InChI=1S/C21H22ClNO3/c1-14(21(24)15-6-4-3-5-7-15)23-13-17-9-11-19(26-17)16-8-10-20(25-2)18(22)12-16/h3-12,14,21,23-24H,13H2,1-2H3/p+1/t14-,21-/m0/s1. The average molecular weight is 373 g/mol. The van der Waals surface area contributed by atoms with Gasteiger partial charge in [-0.3, -0.25) is 0 Å². The fourth-order valence-electron chi connectivity index (χ4n) is 2.85. The molecule has 0 aliphatic carbocycles. The molecule has 0 radical (unpaired) electrons. The third-order valence-electron chi connectivity index (χ3n) is 4.43. The fourth-order valence-corrected chi connectivity index (χ4v) is 3.10. The van der Waals surface area contributed by atoms with E-state index in [-0.39, 0.29) is 6.04 Å². The summed E-state index contributed by atoms with van der Waals surface area (Å²) in [6.45, 7) is 2.65. The average Bonchev–Trinajstić information content (AvgIpc) is 3.15. The Labute approximate surface area is 158 Å². The summed E-state index contributed by atoms with van der Waals surface area (Å²) < 4.78 is 11.1. The molecule has 2 aromatic carbocycles. The van der Waals surface area contributed by atoms with Crippen molar-refractivity contribution in [1.82, 2.24) is 0 Å². The molecule has 0 aliphatic rings. The van der Waals surface area contributed by atoms with Crippen molar-refractivity contribution in [2.75, 3.05) is 7.11 Å². The fraction of sp³-hybridized carbons (Fsp3) is 0.238. The van der Waals surface area contributed by atoms with Gasteiger partial charge in [0.2, 0.25) is 0 Å². The van der Waals surface area contributed by atoms with E-state index in [2.05, 4.69) is 5.32 Å². The Morgan fingerprint density at radius 3 is 2.58 bits per heavy atom. The molecule has 3 aromatic rings. The van der Waals surface area contributed by atoms with Crippen LogP contribution in [0.4, 0.5) is 0 Å². The third kappa shape index (κ3) is 4.28. The highest BCUT2D eigenvalue weighted by Crippen LogP contribution is 2.31. The zero-order chi connectivity index (χ0) is 18.5. The second-order valence-electron chi connectivity index (χ2n) is 6.27. The van der Waals surface area contributed by atoms with Crippen LogP contribution in [-0.2, 0) is 6.54 Å². The van der Waals surface area contributed by atoms with Crippen LogP contribution in [0.25, 0.3) is 11.3 Å². The van der Waals surface area contributed by atoms with Gasteiger partial charge in [-0.2, -0.15) is 0 Å². The number of aliphatic hydroxyl groups is 1. The van der Waals surface area contributed by atoms with Gasteiger partial charge in [-0.25, -0.2) is 0 Å². The number of nitrogens with two attached hydrogens (primary N) is 1. The summed E-state index contributed by atoms with van der Waals surface area (Å²) in [6, 6.07) is 19.2. The Morgan fingerprint density at radius 1 is 1.12 bits per heavy atom. The van der Waals surface area contributed by atoms with Gasteiger partial charge < -0.3 is 19.6 Å². The van der Waals surface area contributed by atoms with Gasteiger partial charge in [-0.15, -0.1) is 0 Å². The number of methoxy groups -OCH3 is 1. The molecule has 1 heterocycles. The van der Waals surface area contributed by atoms with Gasteiger partial charge in [0.1, 0.15) is 30.2 Å². The van der Waals surface area contributed by atoms with Crippen LogP contribution in [0, 0.1) is 0 Å². The van der Waals surface area contributed by atoms with Crippen LogP contribution in [0.3, 0.4) is 0 Å². The van der Waals surface area contributed by atoms with Gasteiger partial charge >= 0.3 is 0 Å². The molecule has 1 aromatic heterocycles. The van der Waals surface area contributed by atoms with Gasteiger partial charge in [-0.05, 0) is 42.8 Å². The minimum atomic E-state index is -0.522. The Morgan fingerprint density at radius 2 is 1.88 bits per heavy atom. The van der Waals surface area contributed by atoms with Gasteiger partial charge in [-0.1, -0.05) is 41.9 Å². The number of rotatable bonds is 7. The van der Waals surface area contributed by atoms with Gasteiger partial charge in [0, 0.05) is 5.56 Å². The van der Waals surface area contributed by atoms with Crippen LogP contribution in [0.1, 0.15) is 24.4 Å². The van der Waals surface area contributed by atoms with E-state index in [0.29, 0.717) is 17.3 Å². The second-order valence-corrected chi connectivity index (χ2v) is 6.68. The number of quaternary nitrogens is 1. The number of hydrogen-bond acceptors (Lipinski definition) is 3. The maximum absolute atomic E-state index is 10.4. The van der Waals surface area contributed by atoms with Crippen molar-refractivity contribution >= 4 is 11.6 Å². The molecule has 2 atom stereocenters. The molecule has 5 heteroatoms. The normalized spacial score (nSPS) is 13.4. The molecule has 0 fully saturated rings. The summed E-state index contributed by atoms with van der Waals surface area (Å²) in [6.07, 6.45) is -0.522. The van der Waals surface area contributed by atoms with Gasteiger partial charge in [0.05, 0.1) is 12.1 Å². The van der Waals surface area contributed by atoms with Crippen molar-refractivity contribution < 1.29 is 19.6 Å². The van der Waals surface area contributed by atoms with Crippen LogP contribution >= 0.6 is 11.6 Å². The van der Waals surface area contributed by atoms with E-state index in [1.54, 1.807) is 7.11 Å². The van der Waals surface area contributed by atoms with Crippen molar-refractivity contribution in [2.45, 2.75) is 25.6 Å². The first-order chi connectivity index (χ1) is 12.6. The summed E-state index contributed by atoms with van der Waals surface area (Å²) in [5, 5.41) is 13.1. The highest BCUT2D eigenvalue weighted by Gasteiger charge is 2.19. The highest BCUT2D eigenvalue weighted by atomic mass is 35.5. The molecule has 0 bridgehead atoms. The summed E-state index contributed by atoms with van der Waals surface area (Å²) in [5.74, 6) is 2.24. The Balaban J connectivity index is 1.62. The van der Waals surface area contributed by atoms with Crippen molar-refractivity contribution in [1.29, 1.82) is 0 Å². The van der Waals surface area contributed by atoms with E-state index in [1.807, 2.05) is 67.6 Å². The smallest absolute Gasteiger partial charge is 0.158 e. The summed E-state index contributed by atoms with van der Waals surface area (Å²) in [4.78, 5) is 0. The minimum absolute atomic E-state index is 0.0152. The van der Waals surface area contributed by atoms with Crippen LogP contribution in [0.5, 0.6) is 5.75 Å². The monoisotopic (exact) mass is 372 g/mol. The van der Waals surface area contributed by atoms with Crippen LogP contribution < -0.4 is 10.1 Å². The molecule has 136 valence electrons. The molecular formula is C21H23ClNO3+. The first-order valence-electron chi connectivity index (χ1n) is 8.57. The molecule has 0 saturated carbocycles. The number of halogens is 1. The minimum Gasteiger partial charge on any atom is -0.495 e. The van der Waals surface area contributed by atoms with E-state index in [9.17, 15) is 5.11 Å². The van der Waals surface area contributed by atoms with Crippen molar-refractivity contribution in [2.24, 2.45) is 0 Å². The van der Waals surface area contributed by atoms with Gasteiger partial charge in [0.15, 0.2) is 5.76 Å². The quantitative estimate of drug-likeness (QED) is 0.663. The predicted molar refractivity (Wildman–Crippen MR) is 102 cm³/mol. The molecule has 0 amide bonds. The molecule has 0 spiro atoms. The van der Waals surface area contributed by atoms with E-state index in [1.165, 1.54) is 0 Å². The molecule has 0 saturated heterocycles. The lowest BCUT2D eigenvalue weighted by molar-refractivity contribution is -0.710. The lowest BCUT2D eigenvalue weighted by Crippen LogP contribution is -2.88. The van der Waals surface area contributed by atoms with E-state index in [4.69, 9.17) is 20.8 Å². The maximum Gasteiger partial charge on any atom is 0.158 e. The maximum atomic E-state index is 10.4. The second kappa shape index (κ2) is 8.41. The number of aliphatic hydroxyl groups excluding tert-OH is 1. The molecule has 26 heavy (non-hydrogen) atoms. The number of benzene rings is 2. The lowest BCUT2D eigenvalue weighted by Gasteiger charge is -2.17. The van der Waals surface area contributed by atoms with Crippen molar-refractivity contribution in [3.63, 3.8) is 0 Å². The lowest BCUT2D eigenvalue weighted by atomic mass is 10.0. The molecule has 4 nitrogen and oxygen atoms in total. The number of ether oxygens (including phenoxy) is 1. The zero-order valence-electron chi connectivity index (χ0n) is 14.9. The van der Waals surface area contributed by atoms with E-state index < -0.39 is 6.10 Å². The summed E-state index contributed by atoms with van der Waals surface area (Å²) in [5.41, 5.74) is 1.82. The predicted octanol–water partition coefficient (Wildman–Crippen LogP) is 3.79. The zero-order valence-corrected chi connectivity index (χ0v) is 15.6. The summed E-state index contributed by atoms with van der Waals surface area (Å²) in [7, 11) is 1.59. The Bertz CT molecular complexity index is 847. The molecule has 3 N–H and O–H groups in total.